The van der Waals surface area contributed by atoms with Gasteiger partial charge in [0.05, 0.1) is 12.7 Å². The predicted molar refractivity (Wildman–Crippen MR) is 68.3 cm³/mol. The van der Waals surface area contributed by atoms with E-state index in [-0.39, 0.29) is 6.10 Å². The Bertz CT molecular complexity index is 376. The van der Waals surface area contributed by atoms with Crippen LogP contribution >= 0.6 is 0 Å². The lowest BCUT2D eigenvalue weighted by Crippen LogP contribution is -2.28. The van der Waals surface area contributed by atoms with Crippen molar-refractivity contribution in [2.24, 2.45) is 0 Å². The van der Waals surface area contributed by atoms with Crippen LogP contribution in [0.4, 0.5) is 0 Å². The summed E-state index contributed by atoms with van der Waals surface area (Å²) in [7, 11) is 0. The molecule has 1 heterocycles. The lowest BCUT2D eigenvalue weighted by Gasteiger charge is -2.20. The first-order valence-corrected chi connectivity index (χ1v) is 6.32. The van der Waals surface area contributed by atoms with Crippen LogP contribution in [0.25, 0.3) is 0 Å². The number of para-hydroxylation sites is 1. The highest BCUT2D eigenvalue weighted by Crippen LogP contribution is 2.33. The molecule has 2 atom stereocenters. The average Bonchev–Trinajstić information content (AvgIpc) is 2.50. The summed E-state index contributed by atoms with van der Waals surface area (Å²) in [4.78, 5) is 0. The summed E-state index contributed by atoms with van der Waals surface area (Å²) < 4.78 is 5.81. The second-order valence-corrected chi connectivity index (χ2v) is 4.79. The van der Waals surface area contributed by atoms with Gasteiger partial charge in [0.25, 0.3) is 0 Å². The van der Waals surface area contributed by atoms with Gasteiger partial charge < -0.3 is 15.2 Å². The van der Waals surface area contributed by atoms with Crippen molar-refractivity contribution in [1.82, 2.24) is 5.32 Å². The van der Waals surface area contributed by atoms with E-state index in [9.17, 15) is 5.11 Å². The lowest BCUT2D eigenvalue weighted by molar-refractivity contribution is 0.185. The monoisotopic (exact) mass is 235 g/mol. The Hall–Kier alpha value is -1.06. The topological polar surface area (TPSA) is 41.5 Å². The minimum Gasteiger partial charge on any atom is -0.493 e. The van der Waals surface area contributed by atoms with Crippen LogP contribution in [0.2, 0.25) is 0 Å². The van der Waals surface area contributed by atoms with E-state index in [4.69, 9.17) is 4.74 Å². The first-order chi connectivity index (χ1) is 8.18. The molecule has 0 saturated heterocycles. The molecule has 94 valence electrons. The number of rotatable bonds is 3. The average molecular weight is 235 g/mol. The van der Waals surface area contributed by atoms with Crippen molar-refractivity contribution in [3.05, 3.63) is 29.3 Å². The van der Waals surface area contributed by atoms with Gasteiger partial charge in [-0.1, -0.05) is 18.2 Å². The Labute approximate surface area is 103 Å². The summed E-state index contributed by atoms with van der Waals surface area (Å²) in [5, 5.41) is 12.8. The zero-order valence-corrected chi connectivity index (χ0v) is 10.6. The van der Waals surface area contributed by atoms with E-state index in [1.165, 1.54) is 11.1 Å². The molecule has 1 aliphatic heterocycles. The van der Waals surface area contributed by atoms with Crippen LogP contribution in [0.3, 0.4) is 0 Å². The summed E-state index contributed by atoms with van der Waals surface area (Å²) >= 11 is 0. The maximum atomic E-state index is 9.36. The predicted octanol–water partition coefficient (Wildman–Crippen LogP) is 2.18. The number of aliphatic hydroxyl groups excluding tert-OH is 1. The summed E-state index contributed by atoms with van der Waals surface area (Å²) in [6.45, 7) is 5.29. The van der Waals surface area contributed by atoms with Gasteiger partial charge in [-0.15, -0.1) is 0 Å². The second-order valence-electron chi connectivity index (χ2n) is 4.79. The van der Waals surface area contributed by atoms with E-state index in [0.29, 0.717) is 12.6 Å². The molecule has 1 aromatic carbocycles. The quantitative estimate of drug-likeness (QED) is 0.843. The summed E-state index contributed by atoms with van der Waals surface area (Å²) in [6, 6.07) is 6.56. The van der Waals surface area contributed by atoms with Crippen molar-refractivity contribution in [1.29, 1.82) is 0 Å². The number of fused-ring (bicyclic) bond motifs is 1. The fourth-order valence-corrected chi connectivity index (χ4v) is 2.29. The Morgan fingerprint density at radius 1 is 1.53 bits per heavy atom. The molecule has 0 aliphatic carbocycles. The highest BCUT2D eigenvalue weighted by molar-refractivity contribution is 5.43. The first-order valence-electron chi connectivity index (χ1n) is 6.32. The minimum absolute atomic E-state index is 0.294. The number of nitrogens with one attached hydrogen (secondary N) is 1. The maximum Gasteiger partial charge on any atom is 0.126 e. The van der Waals surface area contributed by atoms with Gasteiger partial charge in [-0.3, -0.25) is 0 Å². The molecule has 0 spiro atoms. The van der Waals surface area contributed by atoms with E-state index >= 15 is 0 Å². The van der Waals surface area contributed by atoms with Gasteiger partial charge in [-0.25, -0.2) is 0 Å². The number of hydrogen-bond donors (Lipinski definition) is 2. The Balaban J connectivity index is 2.21. The second kappa shape index (κ2) is 5.52. The van der Waals surface area contributed by atoms with E-state index in [1.54, 1.807) is 6.92 Å². The maximum absolute atomic E-state index is 9.36. The standard InChI is InChI=1S/C14H21NO2/c1-10-5-3-6-12-13(15-9-11(2)16)7-4-8-17-14(10)12/h3,5-6,11,13,15-16H,4,7-9H2,1-2H3/t11-,13?/m1/s1. The third kappa shape index (κ3) is 2.99. The third-order valence-corrected chi connectivity index (χ3v) is 3.16. The zero-order valence-electron chi connectivity index (χ0n) is 10.6. The molecular weight excluding hydrogens is 214 g/mol. The van der Waals surface area contributed by atoms with Crippen molar-refractivity contribution in [2.75, 3.05) is 13.2 Å². The van der Waals surface area contributed by atoms with Crippen molar-refractivity contribution < 1.29 is 9.84 Å². The van der Waals surface area contributed by atoms with Crippen LogP contribution in [0.5, 0.6) is 5.75 Å². The third-order valence-electron chi connectivity index (χ3n) is 3.16. The number of aliphatic hydroxyl groups is 1. The van der Waals surface area contributed by atoms with Gasteiger partial charge in [0.15, 0.2) is 0 Å². The fraction of sp³-hybridized carbons (Fsp3) is 0.571. The summed E-state index contributed by atoms with van der Waals surface area (Å²) in [6.07, 6.45) is 1.79. The van der Waals surface area contributed by atoms with Crippen LogP contribution in [0.15, 0.2) is 18.2 Å². The number of benzene rings is 1. The summed E-state index contributed by atoms with van der Waals surface area (Å²) in [5.41, 5.74) is 2.41. The van der Waals surface area contributed by atoms with E-state index in [2.05, 4.69) is 30.4 Å². The summed E-state index contributed by atoms with van der Waals surface area (Å²) in [5.74, 6) is 1.02. The zero-order chi connectivity index (χ0) is 12.3. The van der Waals surface area contributed by atoms with Gasteiger partial charge >= 0.3 is 0 Å². The molecule has 2 N–H and O–H groups in total. The SMILES string of the molecule is Cc1cccc2c1OCCCC2NC[C@@H](C)O. The minimum atomic E-state index is -0.313. The van der Waals surface area contributed by atoms with Crippen molar-refractivity contribution in [2.45, 2.75) is 38.8 Å². The van der Waals surface area contributed by atoms with Gasteiger partial charge in [0.1, 0.15) is 5.75 Å². The first kappa shape index (κ1) is 12.4. The molecule has 17 heavy (non-hydrogen) atoms. The van der Waals surface area contributed by atoms with E-state index < -0.39 is 0 Å². The van der Waals surface area contributed by atoms with E-state index in [1.807, 2.05) is 0 Å². The molecule has 0 radical (unpaired) electrons. The van der Waals surface area contributed by atoms with Gasteiger partial charge in [0.2, 0.25) is 0 Å². The molecule has 0 bridgehead atoms. The van der Waals surface area contributed by atoms with Crippen molar-refractivity contribution in [3.8, 4) is 5.75 Å². The van der Waals surface area contributed by atoms with Crippen LogP contribution in [0, 0.1) is 6.92 Å². The van der Waals surface area contributed by atoms with E-state index in [0.717, 1.165) is 25.2 Å². The molecule has 2 rings (SSSR count). The molecule has 0 amide bonds. The van der Waals surface area contributed by atoms with Gasteiger partial charge in [-0.2, -0.15) is 0 Å². The Kier molecular flexibility index (Phi) is 4.02. The molecule has 1 aromatic rings. The van der Waals surface area contributed by atoms with Crippen LogP contribution < -0.4 is 10.1 Å². The molecule has 0 saturated carbocycles. The Morgan fingerprint density at radius 2 is 2.35 bits per heavy atom. The molecule has 0 aromatic heterocycles. The molecule has 1 unspecified atom stereocenters. The number of hydrogen-bond acceptors (Lipinski definition) is 3. The van der Waals surface area contributed by atoms with Crippen molar-refractivity contribution in [3.63, 3.8) is 0 Å². The molecule has 3 heteroatoms. The molecule has 3 nitrogen and oxygen atoms in total. The van der Waals surface area contributed by atoms with Gasteiger partial charge in [0, 0.05) is 18.2 Å². The Morgan fingerprint density at radius 3 is 3.12 bits per heavy atom. The highest BCUT2D eigenvalue weighted by atomic mass is 16.5. The highest BCUT2D eigenvalue weighted by Gasteiger charge is 2.20. The molecule has 0 fully saturated rings. The normalized spacial score (nSPS) is 21.2. The lowest BCUT2D eigenvalue weighted by atomic mass is 10.00. The van der Waals surface area contributed by atoms with Gasteiger partial charge in [-0.05, 0) is 32.3 Å². The number of aryl methyl sites for hydroxylation is 1. The number of ether oxygens (including phenoxy) is 1. The van der Waals surface area contributed by atoms with Crippen LogP contribution in [-0.4, -0.2) is 24.4 Å². The van der Waals surface area contributed by atoms with Crippen molar-refractivity contribution >= 4 is 0 Å². The van der Waals surface area contributed by atoms with Crippen LogP contribution in [0.1, 0.15) is 36.9 Å². The molecule has 1 aliphatic rings. The smallest absolute Gasteiger partial charge is 0.126 e. The van der Waals surface area contributed by atoms with Crippen LogP contribution in [-0.2, 0) is 0 Å². The molecular formula is C14H21NO2. The largest absolute Gasteiger partial charge is 0.493 e. The fourth-order valence-electron chi connectivity index (χ4n) is 2.29.